The van der Waals surface area contributed by atoms with Gasteiger partial charge in [0.1, 0.15) is 10.8 Å². The summed E-state index contributed by atoms with van der Waals surface area (Å²) in [7, 11) is 0. The zero-order valence-electron chi connectivity index (χ0n) is 13.8. The Morgan fingerprint density at radius 3 is 2.68 bits per heavy atom. The predicted molar refractivity (Wildman–Crippen MR) is 94.4 cm³/mol. The van der Waals surface area contributed by atoms with Crippen LogP contribution in [0.5, 0.6) is 5.75 Å². The summed E-state index contributed by atoms with van der Waals surface area (Å²) in [4.78, 5) is 23.5. The number of ether oxygens (including phenoxy) is 1. The summed E-state index contributed by atoms with van der Waals surface area (Å²) in [6.45, 7) is 4.56. The second-order valence-corrected chi connectivity index (χ2v) is 6.62. The molecular weight excluding hydrogens is 369 g/mol. The Morgan fingerprint density at radius 1 is 1.36 bits per heavy atom. The third-order valence-corrected chi connectivity index (χ3v) is 4.34. The normalized spacial score (nSPS) is 12.5. The zero-order valence-corrected chi connectivity index (χ0v) is 15.3. The molecule has 0 saturated carbocycles. The Balaban J connectivity index is 2.06. The Kier molecular flexibility index (Phi) is 5.59. The van der Waals surface area contributed by atoms with Crippen LogP contribution >= 0.6 is 23.2 Å². The van der Waals surface area contributed by atoms with Crippen molar-refractivity contribution in [3.8, 4) is 5.75 Å². The van der Waals surface area contributed by atoms with E-state index in [4.69, 9.17) is 27.9 Å². The highest BCUT2D eigenvalue weighted by atomic mass is 35.5. The number of hydrogen-bond acceptors (Lipinski definition) is 4. The highest BCUT2D eigenvalue weighted by Gasteiger charge is 2.30. The Labute approximate surface area is 154 Å². The summed E-state index contributed by atoms with van der Waals surface area (Å²) in [6, 6.07) is 4.87. The molecular formula is C16H17Cl2N3O4. The lowest BCUT2D eigenvalue weighted by molar-refractivity contribution is -0.146. The number of rotatable bonds is 6. The van der Waals surface area contributed by atoms with Gasteiger partial charge in [0.2, 0.25) is 0 Å². The minimum Gasteiger partial charge on any atom is -0.479 e. The van der Waals surface area contributed by atoms with Crippen LogP contribution < -0.4 is 10.1 Å². The van der Waals surface area contributed by atoms with Gasteiger partial charge in [-0.2, -0.15) is 5.10 Å². The summed E-state index contributed by atoms with van der Waals surface area (Å²) in [6.07, 6.45) is 1.94. The molecule has 1 amide bonds. The van der Waals surface area contributed by atoms with Crippen molar-refractivity contribution in [1.29, 1.82) is 0 Å². The second-order valence-electron chi connectivity index (χ2n) is 5.84. The lowest BCUT2D eigenvalue weighted by Gasteiger charge is -2.19. The van der Waals surface area contributed by atoms with Crippen LogP contribution in [0.2, 0.25) is 10.0 Å². The van der Waals surface area contributed by atoms with Crippen molar-refractivity contribution >= 4 is 40.8 Å². The third-order valence-electron chi connectivity index (χ3n) is 3.54. The van der Waals surface area contributed by atoms with E-state index in [1.54, 1.807) is 25.1 Å². The summed E-state index contributed by atoms with van der Waals surface area (Å²) in [5, 5.41) is 16.3. The van der Waals surface area contributed by atoms with Gasteiger partial charge in [-0.15, -0.1) is 0 Å². The van der Waals surface area contributed by atoms with Crippen molar-refractivity contribution in [3.63, 3.8) is 0 Å². The first-order valence-electron chi connectivity index (χ1n) is 7.33. The fourth-order valence-electron chi connectivity index (χ4n) is 1.85. The molecule has 2 rings (SSSR count). The van der Waals surface area contributed by atoms with Gasteiger partial charge in [-0.3, -0.25) is 9.48 Å². The number of carbonyl (C=O) groups is 2. The van der Waals surface area contributed by atoms with Crippen molar-refractivity contribution in [2.45, 2.75) is 32.4 Å². The Morgan fingerprint density at radius 2 is 2.04 bits per heavy atom. The molecule has 1 heterocycles. The third kappa shape index (κ3) is 4.24. The van der Waals surface area contributed by atoms with Gasteiger partial charge in [-0.1, -0.05) is 29.3 Å². The molecule has 1 unspecified atom stereocenters. The first-order chi connectivity index (χ1) is 11.6. The minimum absolute atomic E-state index is 0.222. The summed E-state index contributed by atoms with van der Waals surface area (Å²) >= 11 is 11.9. The van der Waals surface area contributed by atoms with E-state index < -0.39 is 23.5 Å². The number of carboxylic acid groups (broad SMARTS) is 1. The molecule has 7 nitrogen and oxygen atoms in total. The molecule has 2 N–H and O–H groups in total. The van der Waals surface area contributed by atoms with Crippen LogP contribution in [0, 0.1) is 0 Å². The van der Waals surface area contributed by atoms with Gasteiger partial charge in [0, 0.05) is 6.20 Å². The van der Waals surface area contributed by atoms with E-state index in [2.05, 4.69) is 10.4 Å². The fraction of sp³-hybridized carbons (Fsp3) is 0.312. The van der Waals surface area contributed by atoms with Gasteiger partial charge >= 0.3 is 5.97 Å². The maximum absolute atomic E-state index is 12.2. The number of benzene rings is 1. The second kappa shape index (κ2) is 7.33. The van der Waals surface area contributed by atoms with Crippen LogP contribution in [0.4, 0.5) is 5.69 Å². The quantitative estimate of drug-likeness (QED) is 0.794. The number of hydrogen-bond donors (Lipinski definition) is 2. The predicted octanol–water partition coefficient (Wildman–Crippen LogP) is 3.42. The maximum atomic E-state index is 12.2. The number of aromatic nitrogens is 2. The van der Waals surface area contributed by atoms with Crippen LogP contribution in [0.1, 0.15) is 20.8 Å². The summed E-state index contributed by atoms with van der Waals surface area (Å²) in [5.74, 6) is -1.19. The van der Waals surface area contributed by atoms with Crippen molar-refractivity contribution < 1.29 is 19.4 Å². The first-order valence-corrected chi connectivity index (χ1v) is 8.08. The van der Waals surface area contributed by atoms with E-state index in [1.165, 1.54) is 30.9 Å². The average Bonchev–Trinajstić information content (AvgIpc) is 3.00. The van der Waals surface area contributed by atoms with Crippen molar-refractivity contribution in [3.05, 3.63) is 40.6 Å². The molecule has 9 heteroatoms. The molecule has 0 aliphatic carbocycles. The van der Waals surface area contributed by atoms with Gasteiger partial charge in [0.05, 0.1) is 16.9 Å². The van der Waals surface area contributed by atoms with Crippen LogP contribution in [-0.2, 0) is 15.1 Å². The van der Waals surface area contributed by atoms with E-state index >= 15 is 0 Å². The van der Waals surface area contributed by atoms with Gasteiger partial charge in [0.25, 0.3) is 5.91 Å². The number of halogens is 2. The number of amides is 1. The van der Waals surface area contributed by atoms with Crippen LogP contribution in [0.15, 0.2) is 30.6 Å². The molecule has 134 valence electrons. The number of carboxylic acids is 1. The van der Waals surface area contributed by atoms with Gasteiger partial charge in [-0.05, 0) is 32.9 Å². The van der Waals surface area contributed by atoms with E-state index in [1.807, 2.05) is 0 Å². The molecule has 1 aromatic carbocycles. The highest BCUT2D eigenvalue weighted by Crippen LogP contribution is 2.32. The largest absolute Gasteiger partial charge is 0.479 e. The van der Waals surface area contributed by atoms with Crippen molar-refractivity contribution in [2.24, 2.45) is 0 Å². The molecule has 0 aliphatic rings. The van der Waals surface area contributed by atoms with Gasteiger partial charge < -0.3 is 15.2 Å². The Bertz CT molecular complexity index is 804. The fourth-order valence-corrected chi connectivity index (χ4v) is 2.19. The van der Waals surface area contributed by atoms with E-state index in [0.717, 1.165) is 0 Å². The SMILES string of the molecule is CC(Oc1cccc(Cl)c1Cl)C(=O)Nc1cnn(C(C)(C)C(=O)O)c1. The highest BCUT2D eigenvalue weighted by molar-refractivity contribution is 6.42. The van der Waals surface area contributed by atoms with Crippen molar-refractivity contribution in [1.82, 2.24) is 9.78 Å². The first kappa shape index (κ1) is 19.1. The number of nitrogens with zero attached hydrogens (tertiary/aromatic N) is 2. The maximum Gasteiger partial charge on any atom is 0.331 e. The molecule has 1 aromatic heterocycles. The standard InChI is InChI=1S/C16H17Cl2N3O4/c1-9(25-12-6-4-5-11(17)13(12)18)14(22)20-10-7-19-21(8-10)16(2,3)15(23)24/h4-9H,1-3H3,(H,20,22)(H,23,24). The number of aliphatic carboxylic acids is 1. The molecule has 0 spiro atoms. The molecule has 0 aliphatic heterocycles. The number of nitrogens with one attached hydrogen (secondary N) is 1. The molecule has 1 atom stereocenters. The van der Waals surface area contributed by atoms with E-state index in [-0.39, 0.29) is 5.02 Å². The van der Waals surface area contributed by atoms with E-state index in [0.29, 0.717) is 16.5 Å². The molecule has 2 aromatic rings. The molecule has 0 radical (unpaired) electrons. The zero-order chi connectivity index (χ0) is 18.8. The van der Waals surface area contributed by atoms with Gasteiger partial charge in [-0.25, -0.2) is 4.79 Å². The molecule has 0 bridgehead atoms. The summed E-state index contributed by atoms with van der Waals surface area (Å²) in [5.41, 5.74) is -0.883. The number of anilines is 1. The topological polar surface area (TPSA) is 93.5 Å². The molecule has 25 heavy (non-hydrogen) atoms. The van der Waals surface area contributed by atoms with Crippen molar-refractivity contribution in [2.75, 3.05) is 5.32 Å². The molecule has 0 saturated heterocycles. The average molecular weight is 386 g/mol. The lowest BCUT2D eigenvalue weighted by atomic mass is 10.1. The monoisotopic (exact) mass is 385 g/mol. The van der Waals surface area contributed by atoms with Crippen LogP contribution in [-0.4, -0.2) is 32.9 Å². The smallest absolute Gasteiger partial charge is 0.331 e. The Hall–Kier alpha value is -2.25. The van der Waals surface area contributed by atoms with Gasteiger partial charge in [0.15, 0.2) is 11.6 Å². The van der Waals surface area contributed by atoms with E-state index in [9.17, 15) is 14.7 Å². The summed E-state index contributed by atoms with van der Waals surface area (Å²) < 4.78 is 6.78. The molecule has 0 fully saturated rings. The number of carbonyl (C=O) groups excluding carboxylic acids is 1. The van der Waals surface area contributed by atoms with Crippen LogP contribution in [0.3, 0.4) is 0 Å². The van der Waals surface area contributed by atoms with Crippen LogP contribution in [0.25, 0.3) is 0 Å². The minimum atomic E-state index is -1.24. The lowest BCUT2D eigenvalue weighted by Crippen LogP contribution is -2.36.